The molecule has 7 heteroatoms. The van der Waals surface area contributed by atoms with Gasteiger partial charge in [-0.2, -0.15) is 5.10 Å². The van der Waals surface area contributed by atoms with Gasteiger partial charge < -0.3 is 0 Å². The first kappa shape index (κ1) is 13.5. The van der Waals surface area contributed by atoms with Crippen LogP contribution in [-0.2, 0) is 12.3 Å². The molecule has 3 aromatic rings. The third kappa shape index (κ3) is 2.13. The Morgan fingerprint density at radius 1 is 1.23 bits per heavy atom. The van der Waals surface area contributed by atoms with E-state index in [1.807, 2.05) is 35.7 Å². The zero-order chi connectivity index (χ0) is 15.1. The van der Waals surface area contributed by atoms with Gasteiger partial charge in [0.2, 0.25) is 0 Å². The first-order valence-electron chi connectivity index (χ1n) is 6.71. The summed E-state index contributed by atoms with van der Waals surface area (Å²) in [6.07, 6.45) is 0. The number of benzene rings is 1. The monoisotopic (exact) mass is 329 g/mol. The van der Waals surface area contributed by atoms with Crippen molar-refractivity contribution in [1.82, 2.24) is 14.3 Å². The van der Waals surface area contributed by atoms with E-state index in [-0.39, 0.29) is 18.0 Å². The molecule has 0 radical (unpaired) electrons. The zero-order valence-corrected chi connectivity index (χ0v) is 13.1. The van der Waals surface area contributed by atoms with E-state index in [0.29, 0.717) is 16.5 Å². The molecule has 1 aromatic carbocycles. The highest BCUT2D eigenvalue weighted by Gasteiger charge is 2.23. The van der Waals surface area contributed by atoms with Gasteiger partial charge in [-0.3, -0.25) is 4.79 Å². The highest BCUT2D eigenvalue weighted by atomic mass is 32.2. The van der Waals surface area contributed by atoms with Gasteiger partial charge >= 0.3 is 5.69 Å². The van der Waals surface area contributed by atoms with E-state index in [0.717, 1.165) is 10.6 Å². The van der Waals surface area contributed by atoms with Gasteiger partial charge in [0.15, 0.2) is 5.78 Å². The predicted molar refractivity (Wildman–Crippen MR) is 86.0 cm³/mol. The van der Waals surface area contributed by atoms with Crippen molar-refractivity contribution in [2.24, 2.45) is 0 Å². The molecule has 0 amide bonds. The lowest BCUT2D eigenvalue weighted by Crippen LogP contribution is -2.27. The molecule has 0 spiro atoms. The Morgan fingerprint density at radius 3 is 2.91 bits per heavy atom. The zero-order valence-electron chi connectivity index (χ0n) is 11.4. The molecule has 0 atom stereocenters. The van der Waals surface area contributed by atoms with Crippen molar-refractivity contribution >= 4 is 28.9 Å². The quantitative estimate of drug-likeness (QED) is 0.693. The van der Waals surface area contributed by atoms with Crippen LogP contribution in [0.5, 0.6) is 0 Å². The maximum absolute atomic E-state index is 12.6. The van der Waals surface area contributed by atoms with Crippen molar-refractivity contribution in [2.75, 3.05) is 0 Å². The van der Waals surface area contributed by atoms with Crippen LogP contribution in [-0.4, -0.2) is 20.1 Å². The number of hydrogen-bond acceptors (Lipinski definition) is 5. The summed E-state index contributed by atoms with van der Waals surface area (Å²) in [6, 6.07) is 11.3. The molecular formula is C15H11N3O2S2. The summed E-state index contributed by atoms with van der Waals surface area (Å²) >= 11 is 3.03. The Morgan fingerprint density at radius 2 is 2.09 bits per heavy atom. The number of nitrogens with zero attached hydrogens (tertiary/aromatic N) is 3. The SMILES string of the molecule is O=C(Cn1nc2n(c1=O)-c1ccccc1SC2)c1cccs1. The van der Waals surface area contributed by atoms with Crippen molar-refractivity contribution in [3.8, 4) is 5.69 Å². The molecule has 110 valence electrons. The smallest absolute Gasteiger partial charge is 0.291 e. The van der Waals surface area contributed by atoms with E-state index >= 15 is 0 Å². The standard InChI is InChI=1S/C15H11N3O2S2/c19-11(13-6-3-7-21-13)8-17-15(20)18-10-4-1-2-5-12(10)22-9-14(18)16-17/h1-7H,8-9H2. The van der Waals surface area contributed by atoms with E-state index in [2.05, 4.69) is 5.10 Å². The predicted octanol–water partition coefficient (Wildman–Crippen LogP) is 2.58. The number of aromatic nitrogens is 3. The van der Waals surface area contributed by atoms with Crippen LogP contribution in [0.2, 0.25) is 0 Å². The molecule has 0 saturated heterocycles. The van der Waals surface area contributed by atoms with Gasteiger partial charge in [-0.05, 0) is 23.6 Å². The molecule has 1 aliphatic rings. The molecule has 0 N–H and O–H groups in total. The van der Waals surface area contributed by atoms with Gasteiger partial charge in [-0.25, -0.2) is 14.0 Å². The second kappa shape index (κ2) is 5.26. The number of carbonyl (C=O) groups is 1. The maximum Gasteiger partial charge on any atom is 0.351 e. The minimum absolute atomic E-state index is 0.0216. The Kier molecular flexibility index (Phi) is 3.24. The van der Waals surface area contributed by atoms with Crippen molar-refractivity contribution in [2.45, 2.75) is 17.2 Å². The van der Waals surface area contributed by atoms with E-state index in [1.54, 1.807) is 22.4 Å². The summed E-state index contributed by atoms with van der Waals surface area (Å²) in [5, 5.41) is 6.18. The third-order valence-corrected chi connectivity index (χ3v) is 5.43. The van der Waals surface area contributed by atoms with Crippen LogP contribution in [0.4, 0.5) is 0 Å². The molecule has 0 fully saturated rings. The lowest BCUT2D eigenvalue weighted by Gasteiger charge is -2.15. The fourth-order valence-electron chi connectivity index (χ4n) is 2.45. The van der Waals surface area contributed by atoms with Crippen LogP contribution in [0.3, 0.4) is 0 Å². The fourth-order valence-corrected chi connectivity index (χ4v) is 4.06. The molecule has 5 nitrogen and oxygen atoms in total. The second-order valence-electron chi connectivity index (χ2n) is 4.85. The first-order chi connectivity index (χ1) is 10.7. The minimum Gasteiger partial charge on any atom is -0.291 e. The summed E-state index contributed by atoms with van der Waals surface area (Å²) in [5.41, 5.74) is 0.584. The summed E-state index contributed by atoms with van der Waals surface area (Å²) in [6.45, 7) is -0.0216. The molecule has 0 unspecified atom stereocenters. The van der Waals surface area contributed by atoms with Crippen LogP contribution in [0.25, 0.3) is 5.69 Å². The van der Waals surface area contributed by atoms with Gasteiger partial charge in [-0.15, -0.1) is 23.1 Å². The van der Waals surface area contributed by atoms with Crippen molar-refractivity contribution in [3.05, 3.63) is 63.0 Å². The second-order valence-corrected chi connectivity index (χ2v) is 6.81. The maximum atomic E-state index is 12.6. The van der Waals surface area contributed by atoms with Crippen molar-refractivity contribution in [1.29, 1.82) is 0 Å². The summed E-state index contributed by atoms with van der Waals surface area (Å²) in [5.74, 6) is 1.23. The molecule has 0 bridgehead atoms. The summed E-state index contributed by atoms with van der Waals surface area (Å²) in [7, 11) is 0. The molecule has 1 aliphatic heterocycles. The Bertz CT molecular complexity index is 909. The highest BCUT2D eigenvalue weighted by Crippen LogP contribution is 2.32. The average molecular weight is 329 g/mol. The topological polar surface area (TPSA) is 56.9 Å². The fraction of sp³-hybridized carbons (Fsp3) is 0.133. The summed E-state index contributed by atoms with van der Waals surface area (Å²) < 4.78 is 2.87. The molecular weight excluding hydrogens is 318 g/mol. The average Bonchev–Trinajstić information content (AvgIpc) is 3.17. The van der Waals surface area contributed by atoms with Crippen LogP contribution in [0, 0.1) is 0 Å². The molecule has 0 saturated carbocycles. The van der Waals surface area contributed by atoms with E-state index in [4.69, 9.17) is 0 Å². The summed E-state index contributed by atoms with van der Waals surface area (Å²) in [4.78, 5) is 26.5. The van der Waals surface area contributed by atoms with Crippen LogP contribution >= 0.6 is 23.1 Å². The number of thioether (sulfide) groups is 1. The van der Waals surface area contributed by atoms with Gasteiger partial charge in [0.25, 0.3) is 0 Å². The Labute approximate surface area is 134 Å². The molecule has 0 aliphatic carbocycles. The number of fused-ring (bicyclic) bond motifs is 3. The number of ketones is 1. The molecule has 3 heterocycles. The lowest BCUT2D eigenvalue weighted by molar-refractivity contribution is 0.0970. The Hall–Kier alpha value is -2.12. The number of carbonyl (C=O) groups excluding carboxylic acids is 1. The minimum atomic E-state index is -0.257. The van der Waals surface area contributed by atoms with E-state index in [9.17, 15) is 9.59 Å². The van der Waals surface area contributed by atoms with E-state index in [1.165, 1.54) is 16.0 Å². The number of Topliss-reactive ketones (excluding diaryl/α,β-unsaturated/α-hetero) is 1. The van der Waals surface area contributed by atoms with Crippen LogP contribution in [0.1, 0.15) is 15.5 Å². The first-order valence-corrected chi connectivity index (χ1v) is 8.58. The van der Waals surface area contributed by atoms with Crippen LogP contribution in [0.15, 0.2) is 51.5 Å². The van der Waals surface area contributed by atoms with Gasteiger partial charge in [-0.1, -0.05) is 18.2 Å². The number of rotatable bonds is 3. The largest absolute Gasteiger partial charge is 0.351 e. The number of thiophene rings is 1. The van der Waals surface area contributed by atoms with Crippen LogP contribution < -0.4 is 5.69 Å². The normalized spacial score (nSPS) is 12.7. The van der Waals surface area contributed by atoms with E-state index < -0.39 is 0 Å². The molecule has 4 rings (SSSR count). The third-order valence-electron chi connectivity index (χ3n) is 3.46. The number of hydrogen-bond donors (Lipinski definition) is 0. The van der Waals surface area contributed by atoms with Crippen molar-refractivity contribution < 1.29 is 4.79 Å². The lowest BCUT2D eigenvalue weighted by atomic mass is 10.3. The Balaban J connectivity index is 1.75. The van der Waals surface area contributed by atoms with Crippen molar-refractivity contribution in [3.63, 3.8) is 0 Å². The number of para-hydroxylation sites is 1. The molecule has 22 heavy (non-hydrogen) atoms. The highest BCUT2D eigenvalue weighted by molar-refractivity contribution is 7.98. The van der Waals surface area contributed by atoms with Gasteiger partial charge in [0.05, 0.1) is 16.3 Å². The van der Waals surface area contributed by atoms with Gasteiger partial charge in [0, 0.05) is 4.90 Å². The molecule has 2 aromatic heterocycles. The van der Waals surface area contributed by atoms with Gasteiger partial charge in [0.1, 0.15) is 12.4 Å².